The van der Waals surface area contributed by atoms with Crippen LogP contribution in [0.1, 0.15) is 44.2 Å². The number of nitrogens with zero attached hydrogens (tertiary/aromatic N) is 2. The first kappa shape index (κ1) is 13.7. The van der Waals surface area contributed by atoms with Crippen molar-refractivity contribution in [1.82, 2.24) is 4.98 Å². The van der Waals surface area contributed by atoms with Crippen LogP contribution < -0.4 is 5.73 Å². The number of halogens is 1. The van der Waals surface area contributed by atoms with Crippen LogP contribution in [-0.2, 0) is 21.4 Å². The Hall–Kier alpha value is -2.47. The first-order valence-electron chi connectivity index (χ1n) is 12.3. The molecular weight excluding hydrogens is 369 g/mol. The topological polar surface area (TPSA) is 69.7 Å². The minimum absolute atomic E-state index is 0.153. The normalized spacial score (nSPS) is 37.7. The number of rotatable bonds is 2. The van der Waals surface area contributed by atoms with E-state index < -0.39 is 36.5 Å². The monoisotopic (exact) mass is 400 g/mol. The molecule has 0 unspecified atom stereocenters. The number of methoxy groups -OCH3 is 1. The van der Waals surface area contributed by atoms with Crippen LogP contribution in [-0.4, -0.2) is 30.7 Å². The van der Waals surface area contributed by atoms with Crippen LogP contribution in [0.25, 0.3) is 11.1 Å². The highest BCUT2D eigenvalue weighted by Crippen LogP contribution is 2.62. The average Bonchev–Trinajstić information content (AvgIpc) is 3.13. The minimum atomic E-state index is -2.50. The molecule has 152 valence electrons. The maximum atomic E-state index is 13.8. The second-order valence-electron chi connectivity index (χ2n) is 8.46. The fraction of sp³-hybridized carbons (Fsp3) is 0.478. The van der Waals surface area contributed by atoms with Gasteiger partial charge in [-0.3, -0.25) is 4.98 Å². The molecule has 2 aliphatic carbocycles. The van der Waals surface area contributed by atoms with E-state index in [2.05, 4.69) is 9.98 Å². The Morgan fingerprint density at radius 2 is 2.24 bits per heavy atom. The summed E-state index contributed by atoms with van der Waals surface area (Å²) in [6, 6.07) is 6.78. The van der Waals surface area contributed by atoms with Crippen molar-refractivity contribution < 1.29 is 20.7 Å². The predicted molar refractivity (Wildman–Crippen MR) is 109 cm³/mol. The standard InChI is InChI=1S/C23H26FN3O2/c1-14-9-22(6-5-20(14)28-2)10-16-4-3-15(17-7-18(24)12-26-11-17)8-19(16)23(22)13-29-21(25)27-23/h3-4,7-8,11-12,14,20H,5-6,9-10,13H2,1-2H3,(H2,25,27)/t14-,20-,22-,23-/m0/s1/i2D3,13D2. The molecule has 0 bridgehead atoms. The number of aromatic nitrogens is 1. The Balaban J connectivity index is 1.62. The smallest absolute Gasteiger partial charge is 0.283 e. The third kappa shape index (κ3) is 2.69. The third-order valence-corrected chi connectivity index (χ3v) is 6.82. The summed E-state index contributed by atoms with van der Waals surface area (Å²) in [4.78, 5) is 8.57. The van der Waals surface area contributed by atoms with Gasteiger partial charge >= 0.3 is 0 Å². The van der Waals surface area contributed by atoms with Crippen molar-refractivity contribution in [2.24, 2.45) is 22.1 Å². The van der Waals surface area contributed by atoms with Gasteiger partial charge < -0.3 is 15.2 Å². The maximum Gasteiger partial charge on any atom is 0.283 e. The van der Waals surface area contributed by atoms with Crippen molar-refractivity contribution in [2.75, 3.05) is 13.6 Å². The van der Waals surface area contributed by atoms with E-state index in [0.29, 0.717) is 42.4 Å². The summed E-state index contributed by atoms with van der Waals surface area (Å²) >= 11 is 0. The first-order chi connectivity index (χ1) is 15.9. The molecule has 5 nitrogen and oxygen atoms in total. The van der Waals surface area contributed by atoms with E-state index in [4.69, 9.17) is 22.1 Å². The summed E-state index contributed by atoms with van der Waals surface area (Å²) in [5, 5.41) is 0. The fourth-order valence-corrected chi connectivity index (χ4v) is 5.49. The second kappa shape index (κ2) is 6.52. The zero-order chi connectivity index (χ0) is 24.5. The summed E-state index contributed by atoms with van der Waals surface area (Å²) in [7, 11) is -2.50. The summed E-state index contributed by atoms with van der Waals surface area (Å²) in [6.07, 6.45) is 4.17. The van der Waals surface area contributed by atoms with Gasteiger partial charge in [-0.05, 0) is 60.4 Å². The lowest BCUT2D eigenvalue weighted by Gasteiger charge is -2.47. The zero-order valence-corrected chi connectivity index (χ0v) is 16.1. The van der Waals surface area contributed by atoms with E-state index in [0.717, 1.165) is 11.8 Å². The van der Waals surface area contributed by atoms with E-state index in [-0.39, 0.29) is 11.9 Å². The number of nitrogens with two attached hydrogens (primary N) is 1. The molecule has 0 radical (unpaired) electrons. The summed E-state index contributed by atoms with van der Waals surface area (Å²) in [6.45, 7) is -0.297. The number of ether oxygens (including phenoxy) is 2. The van der Waals surface area contributed by atoms with Crippen LogP contribution in [0.3, 0.4) is 0 Å². The largest absolute Gasteiger partial charge is 0.462 e. The minimum Gasteiger partial charge on any atom is -0.462 e. The van der Waals surface area contributed by atoms with Gasteiger partial charge in [0.25, 0.3) is 6.02 Å². The first-order valence-corrected chi connectivity index (χ1v) is 9.82. The van der Waals surface area contributed by atoms with E-state index in [1.165, 1.54) is 6.07 Å². The van der Waals surface area contributed by atoms with Crippen molar-refractivity contribution in [3.63, 3.8) is 0 Å². The van der Waals surface area contributed by atoms with Crippen molar-refractivity contribution in [2.45, 2.75) is 44.2 Å². The molecule has 1 aromatic carbocycles. The number of hydrogen-bond acceptors (Lipinski definition) is 5. The van der Waals surface area contributed by atoms with Gasteiger partial charge in [0.15, 0.2) is 0 Å². The van der Waals surface area contributed by atoms with Gasteiger partial charge in [-0.1, -0.05) is 19.1 Å². The molecule has 0 amide bonds. The molecule has 4 atom stereocenters. The highest BCUT2D eigenvalue weighted by molar-refractivity contribution is 5.76. The molecule has 1 saturated carbocycles. The molecule has 1 aromatic heterocycles. The lowest BCUT2D eigenvalue weighted by atomic mass is 9.59. The number of fused-ring (bicyclic) bond motifs is 3. The highest BCUT2D eigenvalue weighted by Gasteiger charge is 2.62. The Kier molecular flexibility index (Phi) is 3.08. The lowest BCUT2D eigenvalue weighted by Crippen LogP contribution is -2.48. The van der Waals surface area contributed by atoms with Crippen LogP contribution in [0.15, 0.2) is 41.7 Å². The summed E-state index contributed by atoms with van der Waals surface area (Å²) < 4.78 is 64.9. The van der Waals surface area contributed by atoms with E-state index in [1.807, 2.05) is 25.1 Å². The average molecular weight is 401 g/mol. The quantitative estimate of drug-likeness (QED) is 0.832. The highest BCUT2D eigenvalue weighted by atomic mass is 19.1. The number of pyridine rings is 1. The van der Waals surface area contributed by atoms with Crippen LogP contribution in [0.4, 0.5) is 4.39 Å². The van der Waals surface area contributed by atoms with Gasteiger partial charge in [0.05, 0.1) is 19.2 Å². The van der Waals surface area contributed by atoms with Gasteiger partial charge in [0.1, 0.15) is 17.9 Å². The Morgan fingerprint density at radius 1 is 1.34 bits per heavy atom. The molecule has 3 aliphatic rings. The van der Waals surface area contributed by atoms with Crippen LogP contribution in [0, 0.1) is 17.2 Å². The number of benzene rings is 1. The third-order valence-electron chi connectivity index (χ3n) is 6.82. The Labute approximate surface area is 177 Å². The zero-order valence-electron chi connectivity index (χ0n) is 21.1. The molecule has 2 heterocycles. The van der Waals surface area contributed by atoms with E-state index in [9.17, 15) is 4.39 Å². The summed E-state index contributed by atoms with van der Waals surface area (Å²) in [5.74, 6) is -0.618. The molecule has 1 aliphatic heterocycles. The maximum absolute atomic E-state index is 13.8. The number of aliphatic imine (C=N–C) groups is 1. The SMILES string of the molecule is [2H]C([2H])([2H])O[C@H]1CC[C@@]2(Cc3ccc(-c4cncc(F)c4)cc3[C@]23N=C(N)OC3([2H])[2H])C[C@@H]1C. The number of hydrogen-bond donors (Lipinski definition) is 1. The van der Waals surface area contributed by atoms with Crippen molar-refractivity contribution in [3.05, 3.63) is 53.6 Å². The molecule has 6 heteroatoms. The number of amidine groups is 1. The predicted octanol–water partition coefficient (Wildman–Crippen LogP) is 3.81. The lowest BCUT2D eigenvalue weighted by molar-refractivity contribution is -0.0445. The molecule has 2 spiro atoms. The van der Waals surface area contributed by atoms with Gasteiger partial charge in [-0.2, -0.15) is 0 Å². The van der Waals surface area contributed by atoms with Gasteiger partial charge in [-0.25, -0.2) is 9.38 Å². The second-order valence-corrected chi connectivity index (χ2v) is 8.46. The van der Waals surface area contributed by atoms with Crippen LogP contribution >= 0.6 is 0 Å². The molecule has 1 fully saturated rings. The van der Waals surface area contributed by atoms with E-state index in [1.54, 1.807) is 6.20 Å². The van der Waals surface area contributed by atoms with Gasteiger partial charge in [0, 0.05) is 24.2 Å². The van der Waals surface area contributed by atoms with Gasteiger partial charge in [0.2, 0.25) is 0 Å². The van der Waals surface area contributed by atoms with Gasteiger partial charge in [-0.15, -0.1) is 0 Å². The molecule has 2 N–H and O–H groups in total. The molecule has 0 saturated heterocycles. The van der Waals surface area contributed by atoms with Crippen molar-refractivity contribution in [3.8, 4) is 11.1 Å². The van der Waals surface area contributed by atoms with E-state index >= 15 is 0 Å². The fourth-order valence-electron chi connectivity index (χ4n) is 5.49. The summed E-state index contributed by atoms with van der Waals surface area (Å²) in [5.41, 5.74) is 6.67. The Bertz CT molecular complexity index is 1170. The molecule has 29 heavy (non-hydrogen) atoms. The Morgan fingerprint density at radius 3 is 2.97 bits per heavy atom. The van der Waals surface area contributed by atoms with Crippen LogP contribution in [0.2, 0.25) is 0 Å². The molecular formula is C23H26FN3O2. The molecule has 5 rings (SSSR count). The molecule has 2 aromatic rings. The van der Waals surface area contributed by atoms with Crippen LogP contribution in [0.5, 0.6) is 0 Å². The van der Waals surface area contributed by atoms with Crippen molar-refractivity contribution in [1.29, 1.82) is 0 Å². The van der Waals surface area contributed by atoms with Crippen molar-refractivity contribution >= 4 is 6.02 Å².